The van der Waals surface area contributed by atoms with Crippen LogP contribution < -0.4 is 11.1 Å². The van der Waals surface area contributed by atoms with Gasteiger partial charge in [-0.05, 0) is 42.4 Å². The second-order valence-corrected chi connectivity index (χ2v) is 10.8. The summed E-state index contributed by atoms with van der Waals surface area (Å²) in [4.78, 5) is 33.2. The van der Waals surface area contributed by atoms with E-state index in [1.54, 1.807) is 42.5 Å². The first-order chi connectivity index (χ1) is 18.7. The number of methoxy groups -OCH3 is 1. The zero-order valence-electron chi connectivity index (χ0n) is 21.2. The van der Waals surface area contributed by atoms with Gasteiger partial charge in [-0.1, -0.05) is 54.4 Å². The largest absolute Gasteiger partial charge is 0.465 e. The Morgan fingerprint density at radius 1 is 1.23 bits per heavy atom. The van der Waals surface area contributed by atoms with Gasteiger partial charge in [-0.15, -0.1) is 0 Å². The molecular weight excluding hydrogens is 542 g/mol. The van der Waals surface area contributed by atoms with Crippen LogP contribution in [0.25, 0.3) is 0 Å². The van der Waals surface area contributed by atoms with Crippen LogP contribution in [0.3, 0.4) is 0 Å². The lowest BCUT2D eigenvalue weighted by Gasteiger charge is -2.39. The third kappa shape index (κ3) is 3.62. The van der Waals surface area contributed by atoms with E-state index in [4.69, 9.17) is 38.7 Å². The second kappa shape index (κ2) is 9.33. The molecule has 1 saturated heterocycles. The van der Waals surface area contributed by atoms with Crippen LogP contribution in [0.2, 0.25) is 10.0 Å². The normalized spacial score (nSPS) is 25.4. The number of aliphatic imine (C=N–C) groups is 1. The number of nitrogen functional groups attached to an aromatic ring is 1. The number of rotatable bonds is 4. The molecular formula is C29H25Cl2FN4O3. The first-order valence-electron chi connectivity index (χ1n) is 12.6. The molecule has 0 bridgehead atoms. The molecule has 1 fully saturated rings. The molecule has 1 amide bonds. The lowest BCUT2D eigenvalue weighted by Crippen LogP contribution is -2.52. The van der Waals surface area contributed by atoms with Gasteiger partial charge in [0.2, 0.25) is 5.91 Å². The highest BCUT2D eigenvalue weighted by molar-refractivity contribution is 6.31. The predicted molar refractivity (Wildman–Crippen MR) is 149 cm³/mol. The highest BCUT2D eigenvalue weighted by atomic mass is 35.5. The third-order valence-corrected chi connectivity index (χ3v) is 8.70. The number of fused-ring (bicyclic) bond motifs is 3. The molecule has 0 aromatic heterocycles. The Morgan fingerprint density at radius 2 is 2.03 bits per heavy atom. The summed E-state index contributed by atoms with van der Waals surface area (Å²) >= 11 is 12.5. The molecule has 3 heterocycles. The minimum absolute atomic E-state index is 0.0197. The first kappa shape index (κ1) is 25.8. The molecule has 1 spiro atoms. The number of anilines is 2. The summed E-state index contributed by atoms with van der Waals surface area (Å²) in [5.41, 5.74) is 8.95. The molecule has 1 unspecified atom stereocenters. The lowest BCUT2D eigenvalue weighted by atomic mass is 9.74. The van der Waals surface area contributed by atoms with Crippen molar-refractivity contribution in [2.75, 3.05) is 24.7 Å². The smallest absolute Gasteiger partial charge is 0.337 e. The van der Waals surface area contributed by atoms with Gasteiger partial charge in [0.1, 0.15) is 11.4 Å². The average molecular weight is 567 g/mol. The van der Waals surface area contributed by atoms with Crippen LogP contribution in [0.15, 0.2) is 59.6 Å². The number of likely N-dealkylation sites (N-methyl/N-ethyl adjacent to an activating group) is 1. The Hall–Kier alpha value is -3.46. The molecule has 6 rings (SSSR count). The Kier molecular flexibility index (Phi) is 6.17. The number of nitrogens with zero attached hydrogens (tertiary/aromatic N) is 2. The quantitative estimate of drug-likeness (QED) is 0.325. The fourth-order valence-corrected chi connectivity index (χ4v) is 7.06. The zero-order valence-corrected chi connectivity index (χ0v) is 22.7. The number of esters is 1. The van der Waals surface area contributed by atoms with Crippen LogP contribution in [-0.2, 0) is 15.1 Å². The zero-order chi connectivity index (χ0) is 27.6. The van der Waals surface area contributed by atoms with Crippen molar-refractivity contribution in [2.45, 2.75) is 36.9 Å². The maximum absolute atomic E-state index is 15.8. The minimum atomic E-state index is -1.22. The van der Waals surface area contributed by atoms with Gasteiger partial charge in [0, 0.05) is 51.6 Å². The van der Waals surface area contributed by atoms with Gasteiger partial charge in [-0.2, -0.15) is 0 Å². The monoisotopic (exact) mass is 566 g/mol. The van der Waals surface area contributed by atoms with E-state index in [1.165, 1.54) is 13.2 Å². The van der Waals surface area contributed by atoms with Gasteiger partial charge >= 0.3 is 5.97 Å². The minimum Gasteiger partial charge on any atom is -0.465 e. The summed E-state index contributed by atoms with van der Waals surface area (Å²) in [7, 11) is 1.31. The molecule has 7 nitrogen and oxygen atoms in total. The van der Waals surface area contributed by atoms with Crippen LogP contribution in [-0.4, -0.2) is 48.2 Å². The van der Waals surface area contributed by atoms with Gasteiger partial charge < -0.3 is 15.8 Å². The average Bonchev–Trinajstić information content (AvgIpc) is 3.54. The molecule has 3 aromatic carbocycles. The second-order valence-electron chi connectivity index (χ2n) is 9.95. The molecule has 0 aliphatic carbocycles. The van der Waals surface area contributed by atoms with Gasteiger partial charge in [0.05, 0.1) is 23.7 Å². The fourth-order valence-electron chi connectivity index (χ4n) is 6.71. The van der Waals surface area contributed by atoms with Crippen LogP contribution in [0, 0.1) is 5.82 Å². The SMILES string of the molecule is CCN1C2CC(c3ccc(C(=O)OC)cc3N)=N[C@H]2[C@H](c2cccc(Cl)c2F)[C@]12C(=O)Nc1cc(Cl)ccc12. The number of halogens is 3. The molecule has 3 aliphatic rings. The number of hydrogen-bond acceptors (Lipinski definition) is 6. The number of carbonyl (C=O) groups is 2. The van der Waals surface area contributed by atoms with E-state index in [0.717, 1.165) is 11.3 Å². The number of benzene rings is 3. The number of nitrogens with one attached hydrogen (secondary N) is 1. The van der Waals surface area contributed by atoms with Crippen molar-refractivity contribution in [3.05, 3.63) is 92.7 Å². The van der Waals surface area contributed by atoms with Gasteiger partial charge in [-0.3, -0.25) is 14.7 Å². The van der Waals surface area contributed by atoms with Crippen molar-refractivity contribution < 1.29 is 18.7 Å². The number of nitrogens with two attached hydrogens (primary N) is 1. The van der Waals surface area contributed by atoms with Crippen LogP contribution in [0.5, 0.6) is 0 Å². The van der Waals surface area contributed by atoms with Crippen molar-refractivity contribution in [1.82, 2.24) is 4.90 Å². The molecule has 39 heavy (non-hydrogen) atoms. The van der Waals surface area contributed by atoms with Crippen LogP contribution in [0.1, 0.15) is 46.3 Å². The summed E-state index contributed by atoms with van der Waals surface area (Å²) in [6, 6.07) is 14.4. The molecule has 200 valence electrons. The molecule has 0 radical (unpaired) electrons. The van der Waals surface area contributed by atoms with Crippen molar-refractivity contribution >= 4 is 52.2 Å². The van der Waals surface area contributed by atoms with Gasteiger partial charge in [0.15, 0.2) is 0 Å². The Morgan fingerprint density at radius 3 is 2.74 bits per heavy atom. The summed E-state index contributed by atoms with van der Waals surface area (Å²) in [6.45, 7) is 2.49. The highest BCUT2D eigenvalue weighted by Gasteiger charge is 2.68. The van der Waals surface area contributed by atoms with Crippen molar-refractivity contribution in [2.24, 2.45) is 4.99 Å². The van der Waals surface area contributed by atoms with Crippen molar-refractivity contribution in [3.8, 4) is 0 Å². The maximum atomic E-state index is 15.8. The van der Waals surface area contributed by atoms with E-state index >= 15 is 4.39 Å². The highest BCUT2D eigenvalue weighted by Crippen LogP contribution is 2.60. The van der Waals surface area contributed by atoms with Gasteiger partial charge in [0.25, 0.3) is 0 Å². The summed E-state index contributed by atoms with van der Waals surface area (Å²) in [5.74, 6) is -1.99. The van der Waals surface area contributed by atoms with E-state index in [-0.39, 0.29) is 17.0 Å². The lowest BCUT2D eigenvalue weighted by molar-refractivity contribution is -0.127. The Labute approximate surface area is 234 Å². The fraction of sp³-hybridized carbons (Fsp3) is 0.276. The van der Waals surface area contributed by atoms with E-state index in [9.17, 15) is 9.59 Å². The Bertz CT molecular complexity index is 1580. The van der Waals surface area contributed by atoms with Crippen molar-refractivity contribution in [1.29, 1.82) is 0 Å². The maximum Gasteiger partial charge on any atom is 0.337 e. The van der Waals surface area contributed by atoms with E-state index in [2.05, 4.69) is 10.2 Å². The molecule has 10 heteroatoms. The number of likely N-dealkylation sites (tertiary alicyclic amines) is 1. The third-order valence-electron chi connectivity index (χ3n) is 8.17. The molecule has 3 N–H and O–H groups in total. The number of amides is 1. The van der Waals surface area contributed by atoms with Gasteiger partial charge in [-0.25, -0.2) is 9.18 Å². The van der Waals surface area contributed by atoms with Crippen LogP contribution in [0.4, 0.5) is 15.8 Å². The standard InChI is InChI=1S/C29H25Cl2FN4O3/c1-3-36-23-13-21(16-9-7-14(11-20(16)33)27(37)39-2)34-26(23)24(17-5-4-6-19(31)25(17)32)29(36)18-10-8-15(30)12-22(18)35-28(29)38/h4-12,23-24,26H,3,13,33H2,1-2H3,(H,35,38)/t23?,24-,26+,29+/m0/s1. The summed E-state index contributed by atoms with van der Waals surface area (Å²) < 4.78 is 20.6. The topological polar surface area (TPSA) is 97.0 Å². The Balaban J connectivity index is 1.55. The number of carbonyl (C=O) groups excluding carboxylic acids is 2. The molecule has 4 atom stereocenters. The molecule has 0 saturated carbocycles. The van der Waals surface area contributed by atoms with Crippen LogP contribution >= 0.6 is 23.2 Å². The van der Waals surface area contributed by atoms with E-state index < -0.39 is 29.3 Å². The van der Waals surface area contributed by atoms with Crippen molar-refractivity contribution in [3.63, 3.8) is 0 Å². The summed E-state index contributed by atoms with van der Waals surface area (Å²) in [5, 5.41) is 3.47. The first-order valence-corrected chi connectivity index (χ1v) is 13.3. The summed E-state index contributed by atoms with van der Waals surface area (Å²) in [6.07, 6.45) is 0.483. The number of hydrogen-bond donors (Lipinski definition) is 2. The van der Waals surface area contributed by atoms with E-state index in [1.807, 2.05) is 13.0 Å². The van der Waals surface area contributed by atoms with E-state index in [0.29, 0.717) is 46.1 Å². The predicted octanol–water partition coefficient (Wildman–Crippen LogP) is 5.40. The molecule has 3 aromatic rings. The molecule has 3 aliphatic heterocycles. The number of ether oxygens (including phenoxy) is 1.